The molecule has 48 heavy (non-hydrogen) atoms. The number of fused-ring (bicyclic) bond motifs is 4. The third-order valence-corrected chi connectivity index (χ3v) is 9.28. The van der Waals surface area contributed by atoms with Crippen molar-refractivity contribution in [3.8, 4) is 33.4 Å². The molecule has 0 N–H and O–H groups in total. The lowest BCUT2D eigenvalue weighted by atomic mass is 9.95. The van der Waals surface area contributed by atoms with Gasteiger partial charge in [-0.2, -0.15) is 0 Å². The van der Waals surface area contributed by atoms with E-state index in [2.05, 4.69) is 181 Å². The standard InChI is InChI=1S/C46H31NO/c1-2-15-37(16-3-1)47(39-29-25-34(26-30-39)42-20-10-21-44-43-18-6-7-22-45(43)48-46(42)44)38-27-23-32(24-28-38)35-13-8-14-36(31-35)41-19-9-12-33-11-4-5-17-40(33)41/h1-31H. The summed E-state index contributed by atoms with van der Waals surface area (Å²) in [7, 11) is 0. The summed E-state index contributed by atoms with van der Waals surface area (Å²) in [5, 5.41) is 4.81. The number of hydrogen-bond acceptors (Lipinski definition) is 2. The SMILES string of the molecule is c1ccc(N(c2ccc(-c3cccc(-c4cccc5ccccc45)c3)cc2)c2ccc(-c3cccc4c3oc3ccccc34)cc2)cc1. The molecule has 9 rings (SSSR count). The minimum absolute atomic E-state index is 0.913. The molecule has 0 bridgehead atoms. The Morgan fingerprint density at radius 3 is 1.71 bits per heavy atom. The van der Waals surface area contributed by atoms with Gasteiger partial charge in [-0.25, -0.2) is 0 Å². The smallest absolute Gasteiger partial charge is 0.143 e. The quantitative estimate of drug-likeness (QED) is 0.185. The lowest BCUT2D eigenvalue weighted by Gasteiger charge is -2.26. The number of rotatable bonds is 6. The molecule has 2 heteroatoms. The van der Waals surface area contributed by atoms with Gasteiger partial charge in [-0.1, -0.05) is 140 Å². The summed E-state index contributed by atoms with van der Waals surface area (Å²) in [6, 6.07) is 66.8. The van der Waals surface area contributed by atoms with E-state index in [1.54, 1.807) is 0 Å². The molecule has 0 unspecified atom stereocenters. The molecular formula is C46H31NO. The third kappa shape index (κ3) is 4.92. The van der Waals surface area contributed by atoms with Crippen molar-refractivity contribution in [3.05, 3.63) is 188 Å². The van der Waals surface area contributed by atoms with Crippen molar-refractivity contribution in [1.82, 2.24) is 0 Å². The van der Waals surface area contributed by atoms with Crippen LogP contribution in [0.25, 0.3) is 66.1 Å². The molecule has 0 aliphatic rings. The van der Waals surface area contributed by atoms with Gasteiger partial charge in [0.15, 0.2) is 0 Å². The molecule has 0 fully saturated rings. The Labute approximate surface area is 279 Å². The molecule has 0 aliphatic carbocycles. The third-order valence-electron chi connectivity index (χ3n) is 9.28. The lowest BCUT2D eigenvalue weighted by molar-refractivity contribution is 0.670. The fourth-order valence-electron chi connectivity index (χ4n) is 6.94. The van der Waals surface area contributed by atoms with Crippen LogP contribution in [0.4, 0.5) is 17.1 Å². The largest absolute Gasteiger partial charge is 0.455 e. The van der Waals surface area contributed by atoms with Crippen molar-refractivity contribution in [2.24, 2.45) is 0 Å². The van der Waals surface area contributed by atoms with Crippen molar-refractivity contribution in [2.75, 3.05) is 4.90 Å². The second-order valence-corrected chi connectivity index (χ2v) is 12.2. The highest BCUT2D eigenvalue weighted by atomic mass is 16.3. The Hall–Kier alpha value is -6.38. The minimum Gasteiger partial charge on any atom is -0.455 e. The summed E-state index contributed by atoms with van der Waals surface area (Å²) in [4.78, 5) is 2.31. The predicted molar refractivity (Wildman–Crippen MR) is 202 cm³/mol. The van der Waals surface area contributed by atoms with E-state index in [4.69, 9.17) is 4.42 Å². The van der Waals surface area contributed by atoms with Gasteiger partial charge in [-0.3, -0.25) is 0 Å². The zero-order valence-corrected chi connectivity index (χ0v) is 26.3. The highest BCUT2D eigenvalue weighted by molar-refractivity contribution is 6.09. The summed E-state index contributed by atoms with van der Waals surface area (Å²) in [6.45, 7) is 0. The van der Waals surface area contributed by atoms with Crippen LogP contribution >= 0.6 is 0 Å². The maximum absolute atomic E-state index is 6.34. The molecule has 1 heterocycles. The summed E-state index contributed by atoms with van der Waals surface area (Å²) in [6.07, 6.45) is 0. The van der Waals surface area contributed by atoms with Gasteiger partial charge >= 0.3 is 0 Å². The normalized spacial score (nSPS) is 11.3. The van der Waals surface area contributed by atoms with E-state index in [-0.39, 0.29) is 0 Å². The molecule has 0 radical (unpaired) electrons. The van der Waals surface area contributed by atoms with Gasteiger partial charge in [0.05, 0.1) is 0 Å². The first-order valence-electron chi connectivity index (χ1n) is 16.3. The van der Waals surface area contributed by atoms with E-state index in [9.17, 15) is 0 Å². The molecule has 1 aromatic heterocycles. The minimum atomic E-state index is 0.913. The molecule has 8 aromatic carbocycles. The Morgan fingerprint density at radius 2 is 0.896 bits per heavy atom. The maximum Gasteiger partial charge on any atom is 0.143 e. The first-order valence-corrected chi connectivity index (χ1v) is 16.3. The molecule has 0 aliphatic heterocycles. The first-order chi connectivity index (χ1) is 23.8. The fraction of sp³-hybridized carbons (Fsp3) is 0. The Morgan fingerprint density at radius 1 is 0.333 bits per heavy atom. The Balaban J connectivity index is 1.06. The highest BCUT2D eigenvalue weighted by Gasteiger charge is 2.15. The predicted octanol–water partition coefficient (Wildman–Crippen LogP) is 13.2. The van der Waals surface area contributed by atoms with Crippen LogP contribution in [0.3, 0.4) is 0 Å². The van der Waals surface area contributed by atoms with Crippen LogP contribution < -0.4 is 4.90 Å². The highest BCUT2D eigenvalue weighted by Crippen LogP contribution is 2.40. The molecule has 0 saturated carbocycles. The number of furan rings is 1. The zero-order valence-electron chi connectivity index (χ0n) is 26.3. The van der Waals surface area contributed by atoms with Crippen LogP contribution in [-0.2, 0) is 0 Å². The van der Waals surface area contributed by atoms with Gasteiger partial charge in [0, 0.05) is 33.4 Å². The van der Waals surface area contributed by atoms with Crippen molar-refractivity contribution in [3.63, 3.8) is 0 Å². The molecule has 0 atom stereocenters. The van der Waals surface area contributed by atoms with Gasteiger partial charge in [-0.15, -0.1) is 0 Å². The van der Waals surface area contributed by atoms with E-state index >= 15 is 0 Å². The zero-order chi connectivity index (χ0) is 31.9. The van der Waals surface area contributed by atoms with Crippen molar-refractivity contribution >= 4 is 49.8 Å². The average molecular weight is 614 g/mol. The van der Waals surface area contributed by atoms with Gasteiger partial charge in [0.1, 0.15) is 11.2 Å². The number of nitrogens with zero attached hydrogens (tertiary/aromatic N) is 1. The van der Waals surface area contributed by atoms with Crippen LogP contribution in [0.5, 0.6) is 0 Å². The number of para-hydroxylation sites is 3. The second-order valence-electron chi connectivity index (χ2n) is 12.2. The molecule has 9 aromatic rings. The first kappa shape index (κ1) is 27.9. The maximum atomic E-state index is 6.34. The summed E-state index contributed by atoms with van der Waals surface area (Å²) in [5.74, 6) is 0. The number of hydrogen-bond donors (Lipinski definition) is 0. The van der Waals surface area contributed by atoms with Gasteiger partial charge in [0.2, 0.25) is 0 Å². The topological polar surface area (TPSA) is 16.4 Å². The van der Waals surface area contributed by atoms with Crippen molar-refractivity contribution in [1.29, 1.82) is 0 Å². The number of anilines is 3. The number of benzene rings is 8. The van der Waals surface area contributed by atoms with E-state index < -0.39 is 0 Å². The van der Waals surface area contributed by atoms with E-state index in [1.165, 1.54) is 33.0 Å². The molecule has 2 nitrogen and oxygen atoms in total. The Kier molecular flexibility index (Phi) is 6.84. The van der Waals surface area contributed by atoms with Crippen LogP contribution in [0.1, 0.15) is 0 Å². The lowest BCUT2D eigenvalue weighted by Crippen LogP contribution is -2.09. The fourth-order valence-corrected chi connectivity index (χ4v) is 6.94. The summed E-state index contributed by atoms with van der Waals surface area (Å²) in [5.41, 5.74) is 12.2. The van der Waals surface area contributed by atoms with Crippen LogP contribution in [-0.4, -0.2) is 0 Å². The van der Waals surface area contributed by atoms with Crippen LogP contribution in [0, 0.1) is 0 Å². The van der Waals surface area contributed by atoms with E-state index in [0.717, 1.165) is 50.1 Å². The molecule has 0 spiro atoms. The Bertz CT molecular complexity index is 2540. The molecular weight excluding hydrogens is 583 g/mol. The monoisotopic (exact) mass is 613 g/mol. The summed E-state index contributed by atoms with van der Waals surface area (Å²) >= 11 is 0. The molecule has 226 valence electrons. The van der Waals surface area contributed by atoms with Crippen LogP contribution in [0.2, 0.25) is 0 Å². The molecule has 0 saturated heterocycles. The van der Waals surface area contributed by atoms with E-state index in [1.807, 2.05) is 12.1 Å². The van der Waals surface area contributed by atoms with E-state index in [0.29, 0.717) is 0 Å². The van der Waals surface area contributed by atoms with Crippen molar-refractivity contribution in [2.45, 2.75) is 0 Å². The summed E-state index contributed by atoms with van der Waals surface area (Å²) < 4.78 is 6.34. The molecule has 0 amide bonds. The van der Waals surface area contributed by atoms with Crippen molar-refractivity contribution < 1.29 is 4.42 Å². The van der Waals surface area contributed by atoms with Gasteiger partial charge < -0.3 is 9.32 Å². The van der Waals surface area contributed by atoms with Crippen LogP contribution in [0.15, 0.2) is 192 Å². The average Bonchev–Trinajstić information content (AvgIpc) is 3.55. The van der Waals surface area contributed by atoms with Gasteiger partial charge in [0.25, 0.3) is 0 Å². The van der Waals surface area contributed by atoms with Gasteiger partial charge in [-0.05, 0) is 87.1 Å². The second kappa shape index (κ2) is 11.8.